The third kappa shape index (κ3) is 3.69. The topological polar surface area (TPSA) is 106 Å². The minimum Gasteiger partial charge on any atom is -0.358 e. The van der Waals surface area contributed by atoms with E-state index in [-0.39, 0.29) is 6.04 Å². The van der Waals surface area contributed by atoms with E-state index >= 15 is 0 Å². The molecule has 0 spiro atoms. The van der Waals surface area contributed by atoms with Crippen molar-refractivity contribution in [2.45, 2.75) is 25.8 Å². The summed E-state index contributed by atoms with van der Waals surface area (Å²) in [5, 5.41) is 7.41. The van der Waals surface area contributed by atoms with Crippen LogP contribution in [0, 0.1) is 6.92 Å². The first kappa shape index (κ1) is 18.2. The summed E-state index contributed by atoms with van der Waals surface area (Å²) in [7, 11) is 0. The van der Waals surface area contributed by atoms with Gasteiger partial charge in [-0.05, 0) is 38.0 Å². The Morgan fingerprint density at radius 3 is 2.70 bits per heavy atom. The molecule has 9 heteroatoms. The molecule has 1 aliphatic rings. The Morgan fingerprint density at radius 2 is 1.87 bits per heavy atom. The predicted molar refractivity (Wildman–Crippen MR) is 111 cm³/mol. The number of nitrogens with one attached hydrogen (secondary N) is 1. The molecular formula is C21H20N8O. The van der Waals surface area contributed by atoms with Gasteiger partial charge in [0.05, 0.1) is 6.04 Å². The van der Waals surface area contributed by atoms with Gasteiger partial charge in [-0.25, -0.2) is 19.9 Å². The van der Waals surface area contributed by atoms with Gasteiger partial charge in [0.25, 0.3) is 0 Å². The van der Waals surface area contributed by atoms with Crippen LogP contribution in [0.4, 0.5) is 17.6 Å². The van der Waals surface area contributed by atoms with Gasteiger partial charge in [-0.1, -0.05) is 11.2 Å². The molecule has 1 aliphatic heterocycles. The lowest BCUT2D eigenvalue weighted by molar-refractivity contribution is 0.362. The molecule has 0 radical (unpaired) electrons. The molecule has 0 aliphatic carbocycles. The van der Waals surface area contributed by atoms with E-state index in [2.05, 4.69) is 35.3 Å². The molecule has 5 heterocycles. The van der Waals surface area contributed by atoms with Crippen LogP contribution in [0.25, 0.3) is 11.5 Å². The van der Waals surface area contributed by atoms with Gasteiger partial charge in [0.1, 0.15) is 11.6 Å². The number of anilines is 3. The first-order valence-electron chi connectivity index (χ1n) is 9.81. The van der Waals surface area contributed by atoms with Crippen molar-refractivity contribution in [1.82, 2.24) is 30.1 Å². The summed E-state index contributed by atoms with van der Waals surface area (Å²) >= 11 is 0. The number of aryl methyl sites for hydroxylation is 1. The maximum Gasteiger partial charge on any atom is 0.228 e. The molecule has 1 atom stereocenters. The van der Waals surface area contributed by atoms with E-state index in [1.165, 1.54) is 0 Å². The third-order valence-corrected chi connectivity index (χ3v) is 4.92. The molecule has 30 heavy (non-hydrogen) atoms. The van der Waals surface area contributed by atoms with Gasteiger partial charge >= 0.3 is 0 Å². The van der Waals surface area contributed by atoms with Crippen LogP contribution in [0.3, 0.4) is 0 Å². The van der Waals surface area contributed by atoms with Crippen LogP contribution in [0.15, 0.2) is 59.5 Å². The number of hydrogen-bond donors (Lipinski definition) is 1. The first-order chi connectivity index (χ1) is 14.8. The van der Waals surface area contributed by atoms with Crippen LogP contribution in [0.5, 0.6) is 0 Å². The molecule has 1 fully saturated rings. The Morgan fingerprint density at radius 1 is 1.00 bits per heavy atom. The number of pyridine rings is 1. The summed E-state index contributed by atoms with van der Waals surface area (Å²) in [5.41, 5.74) is 1.50. The lowest BCUT2D eigenvalue weighted by Gasteiger charge is -2.23. The molecular weight excluding hydrogens is 380 g/mol. The normalized spacial score (nSPS) is 16.0. The average Bonchev–Trinajstić information content (AvgIpc) is 3.44. The van der Waals surface area contributed by atoms with Gasteiger partial charge in [0, 0.05) is 43.0 Å². The van der Waals surface area contributed by atoms with Crippen molar-refractivity contribution in [3.63, 3.8) is 0 Å². The second kappa shape index (κ2) is 7.86. The SMILES string of the molecule is Cc1cc(Nc2ccccn2)nc(N2CCC[C@H]2c2cc(-c3ncccn3)no2)n1. The molecule has 0 unspecified atom stereocenters. The minimum atomic E-state index is 0.0134. The largest absolute Gasteiger partial charge is 0.358 e. The van der Waals surface area contributed by atoms with E-state index in [4.69, 9.17) is 9.51 Å². The van der Waals surface area contributed by atoms with Crippen LogP contribution in [0.2, 0.25) is 0 Å². The van der Waals surface area contributed by atoms with Gasteiger partial charge in [-0.3, -0.25) is 0 Å². The quantitative estimate of drug-likeness (QED) is 0.536. The Balaban J connectivity index is 1.42. The highest BCUT2D eigenvalue weighted by Crippen LogP contribution is 2.36. The summed E-state index contributed by atoms with van der Waals surface area (Å²) in [5.74, 6) is 3.41. The van der Waals surface area contributed by atoms with Gasteiger partial charge in [-0.15, -0.1) is 0 Å². The van der Waals surface area contributed by atoms with Crippen molar-refractivity contribution >= 4 is 17.6 Å². The Kier molecular flexibility index (Phi) is 4.76. The van der Waals surface area contributed by atoms with Crippen LogP contribution in [0.1, 0.15) is 30.3 Å². The maximum absolute atomic E-state index is 5.66. The molecule has 0 saturated carbocycles. The standard InChI is InChI=1S/C21H20N8O/c1-14-12-19(26-18-7-2-3-8-22-18)27-21(25-14)29-11-4-6-16(29)17-13-15(28-30-17)20-23-9-5-10-24-20/h2-3,5,7-10,12-13,16H,4,6,11H2,1H3,(H,22,25,26,27)/t16-/m0/s1. The van der Waals surface area contributed by atoms with E-state index in [0.29, 0.717) is 23.3 Å². The van der Waals surface area contributed by atoms with E-state index in [0.717, 1.165) is 36.7 Å². The molecule has 1 N–H and O–H groups in total. The molecule has 4 aromatic rings. The second-order valence-electron chi connectivity index (χ2n) is 7.07. The Bertz CT molecular complexity index is 1130. The molecule has 9 nitrogen and oxygen atoms in total. The fourth-order valence-electron chi connectivity index (χ4n) is 3.60. The average molecular weight is 400 g/mol. The van der Waals surface area contributed by atoms with Crippen LogP contribution in [-0.2, 0) is 0 Å². The van der Waals surface area contributed by atoms with E-state index in [1.54, 1.807) is 24.7 Å². The van der Waals surface area contributed by atoms with Crippen LogP contribution < -0.4 is 10.2 Å². The molecule has 4 aromatic heterocycles. The number of hydrogen-bond acceptors (Lipinski definition) is 9. The Hall–Kier alpha value is -3.88. The highest BCUT2D eigenvalue weighted by molar-refractivity contribution is 5.55. The predicted octanol–water partition coefficient (Wildman–Crippen LogP) is 3.71. The molecule has 0 bridgehead atoms. The third-order valence-electron chi connectivity index (χ3n) is 4.92. The van der Waals surface area contributed by atoms with Crippen molar-refractivity contribution in [2.24, 2.45) is 0 Å². The smallest absolute Gasteiger partial charge is 0.228 e. The van der Waals surface area contributed by atoms with Crippen molar-refractivity contribution in [3.8, 4) is 11.5 Å². The van der Waals surface area contributed by atoms with Crippen LogP contribution in [-0.4, -0.2) is 36.6 Å². The fraction of sp³-hybridized carbons (Fsp3) is 0.238. The first-order valence-corrected chi connectivity index (χ1v) is 9.81. The zero-order chi connectivity index (χ0) is 20.3. The van der Waals surface area contributed by atoms with Gasteiger partial charge in [0.15, 0.2) is 17.3 Å². The summed E-state index contributed by atoms with van der Waals surface area (Å²) in [6, 6.07) is 11.3. The van der Waals surface area contributed by atoms with E-state index in [9.17, 15) is 0 Å². The van der Waals surface area contributed by atoms with Gasteiger partial charge in [0.2, 0.25) is 5.95 Å². The summed E-state index contributed by atoms with van der Waals surface area (Å²) in [6.07, 6.45) is 7.07. The van der Waals surface area contributed by atoms with Crippen LogP contribution >= 0.6 is 0 Å². The number of nitrogens with zero attached hydrogens (tertiary/aromatic N) is 7. The lowest BCUT2D eigenvalue weighted by Crippen LogP contribution is -2.25. The minimum absolute atomic E-state index is 0.0134. The number of rotatable bonds is 5. The summed E-state index contributed by atoms with van der Waals surface area (Å²) < 4.78 is 5.66. The zero-order valence-corrected chi connectivity index (χ0v) is 16.4. The fourth-order valence-corrected chi connectivity index (χ4v) is 3.60. The molecule has 5 rings (SSSR count). The van der Waals surface area contributed by atoms with E-state index in [1.807, 2.05) is 37.3 Å². The van der Waals surface area contributed by atoms with Gasteiger partial charge in [-0.2, -0.15) is 4.98 Å². The molecule has 0 aromatic carbocycles. The highest BCUT2D eigenvalue weighted by Gasteiger charge is 2.32. The van der Waals surface area contributed by atoms with Crippen molar-refractivity contribution in [2.75, 3.05) is 16.8 Å². The van der Waals surface area contributed by atoms with Crippen molar-refractivity contribution in [1.29, 1.82) is 0 Å². The zero-order valence-electron chi connectivity index (χ0n) is 16.4. The maximum atomic E-state index is 5.66. The Labute approximate surface area is 173 Å². The van der Waals surface area contributed by atoms with Crippen molar-refractivity contribution < 1.29 is 4.52 Å². The summed E-state index contributed by atoms with van der Waals surface area (Å²) in [4.78, 5) is 24.3. The highest BCUT2D eigenvalue weighted by atomic mass is 16.5. The lowest BCUT2D eigenvalue weighted by atomic mass is 10.1. The monoisotopic (exact) mass is 400 g/mol. The summed E-state index contributed by atoms with van der Waals surface area (Å²) in [6.45, 7) is 2.80. The second-order valence-corrected chi connectivity index (χ2v) is 7.07. The van der Waals surface area contributed by atoms with Crippen molar-refractivity contribution in [3.05, 3.63) is 66.4 Å². The molecule has 150 valence electrons. The van der Waals surface area contributed by atoms with Gasteiger partial charge < -0.3 is 14.7 Å². The molecule has 1 saturated heterocycles. The molecule has 0 amide bonds. The number of aromatic nitrogens is 6. The van der Waals surface area contributed by atoms with E-state index < -0.39 is 0 Å².